The van der Waals surface area contributed by atoms with Gasteiger partial charge in [0.25, 0.3) is 0 Å². The molecule has 1 amide bonds. The van der Waals surface area contributed by atoms with E-state index in [1.807, 2.05) is 0 Å². The summed E-state index contributed by atoms with van der Waals surface area (Å²) in [5.74, 6) is -2.93. The largest absolute Gasteiger partial charge is 0.416 e. The normalized spacial score (nSPS) is 16.1. The highest BCUT2D eigenvalue weighted by atomic mass is 32.2. The molecule has 11 heteroatoms. The zero-order valence-corrected chi connectivity index (χ0v) is 16.8. The Bertz CT molecular complexity index is 1090. The van der Waals surface area contributed by atoms with E-state index in [1.54, 1.807) is 0 Å². The lowest BCUT2D eigenvalue weighted by Crippen LogP contribution is -2.50. The fraction of sp³-hybridized carbons (Fsp3) is 0.250. The molecular weight excluding hydrogens is 443 g/mol. The average molecular weight is 460 g/mol. The third-order valence-corrected chi connectivity index (χ3v) is 6.65. The Hall–Kier alpha value is -2.79. The number of sulfonamides is 1. The van der Waals surface area contributed by atoms with Crippen LogP contribution in [0.15, 0.2) is 53.4 Å². The Morgan fingerprint density at radius 1 is 0.935 bits per heavy atom. The minimum absolute atomic E-state index is 0.0406. The molecule has 1 fully saturated rings. The summed E-state index contributed by atoms with van der Waals surface area (Å²) in [6, 6.07) is 7.18. The van der Waals surface area contributed by atoms with Gasteiger partial charge in [-0.15, -0.1) is 0 Å². The molecule has 0 aliphatic carbocycles. The van der Waals surface area contributed by atoms with Crippen molar-refractivity contribution in [1.29, 1.82) is 0 Å². The number of hydrogen-bond acceptors (Lipinski definition) is 3. The van der Waals surface area contributed by atoms with Crippen LogP contribution in [0.5, 0.6) is 0 Å². The number of halogens is 5. The van der Waals surface area contributed by atoms with Crippen molar-refractivity contribution in [1.82, 2.24) is 9.21 Å². The summed E-state index contributed by atoms with van der Waals surface area (Å²) >= 11 is 0. The van der Waals surface area contributed by atoms with Gasteiger partial charge in [0.05, 0.1) is 5.56 Å². The van der Waals surface area contributed by atoms with Crippen LogP contribution >= 0.6 is 0 Å². The Kier molecular flexibility index (Phi) is 6.46. The van der Waals surface area contributed by atoms with Gasteiger partial charge in [-0.05, 0) is 35.9 Å². The molecule has 0 aromatic heterocycles. The van der Waals surface area contributed by atoms with Crippen molar-refractivity contribution in [3.63, 3.8) is 0 Å². The van der Waals surface area contributed by atoms with Gasteiger partial charge in [0, 0.05) is 32.3 Å². The number of amides is 1. The van der Waals surface area contributed by atoms with Gasteiger partial charge in [-0.2, -0.15) is 17.5 Å². The number of nitrogens with zero attached hydrogens (tertiary/aromatic N) is 2. The fourth-order valence-electron chi connectivity index (χ4n) is 3.10. The topological polar surface area (TPSA) is 57.7 Å². The SMILES string of the molecule is O=C(/C=C/c1cccc(C(F)(F)F)c1)N1CCN(S(=O)(=O)c2c(F)cccc2F)CC1. The minimum atomic E-state index is -4.51. The molecule has 2 aromatic rings. The van der Waals surface area contributed by atoms with Crippen LogP contribution in [0, 0.1) is 11.6 Å². The van der Waals surface area contributed by atoms with E-state index in [0.29, 0.717) is 0 Å². The van der Waals surface area contributed by atoms with Gasteiger partial charge in [-0.25, -0.2) is 17.2 Å². The molecule has 0 saturated carbocycles. The van der Waals surface area contributed by atoms with Crippen LogP contribution in [0.25, 0.3) is 6.08 Å². The predicted octanol–water partition coefficient (Wildman–Crippen LogP) is 3.53. The fourth-order valence-corrected chi connectivity index (χ4v) is 4.63. The molecule has 0 spiro atoms. The number of alkyl halides is 3. The molecule has 31 heavy (non-hydrogen) atoms. The van der Waals surface area contributed by atoms with Crippen LogP contribution in [0.4, 0.5) is 22.0 Å². The third-order valence-electron chi connectivity index (χ3n) is 4.70. The number of piperazine rings is 1. The molecule has 0 radical (unpaired) electrons. The van der Waals surface area contributed by atoms with Crippen LogP contribution in [0.2, 0.25) is 0 Å². The smallest absolute Gasteiger partial charge is 0.337 e. The first kappa shape index (κ1) is 22.9. The van der Waals surface area contributed by atoms with Crippen LogP contribution < -0.4 is 0 Å². The number of rotatable bonds is 4. The summed E-state index contributed by atoms with van der Waals surface area (Å²) in [5, 5.41) is 0. The molecule has 1 aliphatic heterocycles. The van der Waals surface area contributed by atoms with Crippen molar-refractivity contribution < 1.29 is 35.2 Å². The second-order valence-corrected chi connectivity index (χ2v) is 8.61. The van der Waals surface area contributed by atoms with E-state index in [9.17, 15) is 35.2 Å². The summed E-state index contributed by atoms with van der Waals surface area (Å²) in [4.78, 5) is 12.6. The number of carbonyl (C=O) groups excluding carboxylic acids is 1. The predicted molar refractivity (Wildman–Crippen MR) is 102 cm³/mol. The lowest BCUT2D eigenvalue weighted by Gasteiger charge is -2.33. The zero-order valence-electron chi connectivity index (χ0n) is 15.9. The molecule has 1 heterocycles. The second-order valence-electron chi connectivity index (χ2n) is 6.74. The molecule has 0 bridgehead atoms. The van der Waals surface area contributed by atoms with Gasteiger partial charge in [0.15, 0.2) is 4.90 Å². The first-order valence-electron chi connectivity index (χ1n) is 9.08. The quantitative estimate of drug-likeness (QED) is 0.518. The first-order chi connectivity index (χ1) is 14.5. The van der Waals surface area contributed by atoms with Crippen LogP contribution in [-0.2, 0) is 21.0 Å². The van der Waals surface area contributed by atoms with Crippen molar-refractivity contribution in [2.24, 2.45) is 0 Å². The Morgan fingerprint density at radius 3 is 2.10 bits per heavy atom. The molecule has 1 aliphatic rings. The summed E-state index contributed by atoms with van der Waals surface area (Å²) in [7, 11) is -4.43. The van der Waals surface area contributed by atoms with Crippen molar-refractivity contribution >= 4 is 22.0 Å². The molecule has 0 atom stereocenters. The molecule has 5 nitrogen and oxygen atoms in total. The van der Waals surface area contributed by atoms with E-state index in [0.717, 1.165) is 40.7 Å². The van der Waals surface area contributed by atoms with Gasteiger partial charge in [0.1, 0.15) is 11.6 Å². The maximum atomic E-state index is 13.9. The zero-order chi connectivity index (χ0) is 22.8. The Balaban J connectivity index is 1.66. The van der Waals surface area contributed by atoms with Crippen molar-refractivity contribution in [2.75, 3.05) is 26.2 Å². The van der Waals surface area contributed by atoms with Crippen LogP contribution in [0.1, 0.15) is 11.1 Å². The van der Waals surface area contributed by atoms with Gasteiger partial charge in [0.2, 0.25) is 15.9 Å². The van der Waals surface area contributed by atoms with E-state index in [-0.39, 0.29) is 31.7 Å². The third kappa shape index (κ3) is 5.10. The van der Waals surface area contributed by atoms with Gasteiger partial charge >= 0.3 is 6.18 Å². The van der Waals surface area contributed by atoms with Crippen LogP contribution in [-0.4, -0.2) is 49.7 Å². The van der Waals surface area contributed by atoms with E-state index >= 15 is 0 Å². The molecule has 166 valence electrons. The standard InChI is InChI=1S/C20H17F5N2O3S/c21-16-5-2-6-17(22)19(16)31(29,30)27-11-9-26(10-12-27)18(28)8-7-14-3-1-4-15(13-14)20(23,24)25/h1-8,13H,9-12H2/b8-7+. The highest BCUT2D eigenvalue weighted by Gasteiger charge is 2.34. The lowest BCUT2D eigenvalue weighted by atomic mass is 10.1. The minimum Gasteiger partial charge on any atom is -0.337 e. The highest BCUT2D eigenvalue weighted by Crippen LogP contribution is 2.30. The molecular formula is C20H17F5N2O3S. The molecule has 3 rings (SSSR count). The summed E-state index contributed by atoms with van der Waals surface area (Å²) in [6.07, 6.45) is -2.18. The van der Waals surface area contributed by atoms with E-state index < -0.39 is 44.2 Å². The lowest BCUT2D eigenvalue weighted by molar-refractivity contribution is -0.137. The van der Waals surface area contributed by atoms with Gasteiger partial charge < -0.3 is 4.90 Å². The highest BCUT2D eigenvalue weighted by molar-refractivity contribution is 7.89. The van der Waals surface area contributed by atoms with Crippen molar-refractivity contribution in [3.05, 3.63) is 71.3 Å². The number of hydrogen-bond donors (Lipinski definition) is 0. The maximum Gasteiger partial charge on any atom is 0.416 e. The molecule has 0 unspecified atom stereocenters. The molecule has 1 saturated heterocycles. The number of benzene rings is 2. The summed E-state index contributed by atoms with van der Waals surface area (Å²) in [5.41, 5.74) is -0.666. The number of carbonyl (C=O) groups is 1. The van der Waals surface area contributed by atoms with Gasteiger partial charge in [-0.3, -0.25) is 4.79 Å². The monoisotopic (exact) mass is 460 g/mol. The van der Waals surface area contributed by atoms with Crippen LogP contribution in [0.3, 0.4) is 0 Å². The first-order valence-corrected chi connectivity index (χ1v) is 10.5. The molecule has 2 aromatic carbocycles. The van der Waals surface area contributed by atoms with Crippen molar-refractivity contribution in [2.45, 2.75) is 11.1 Å². The van der Waals surface area contributed by atoms with Gasteiger partial charge in [-0.1, -0.05) is 18.2 Å². The average Bonchev–Trinajstić information content (AvgIpc) is 2.71. The summed E-state index contributed by atoms with van der Waals surface area (Å²) in [6.45, 7) is -0.444. The summed E-state index contributed by atoms with van der Waals surface area (Å²) < 4.78 is 92.1. The van der Waals surface area contributed by atoms with Crippen molar-refractivity contribution in [3.8, 4) is 0 Å². The Morgan fingerprint density at radius 2 is 1.52 bits per heavy atom. The maximum absolute atomic E-state index is 13.9. The van der Waals surface area contributed by atoms with E-state index in [1.165, 1.54) is 23.1 Å². The molecule has 0 N–H and O–H groups in total. The van der Waals surface area contributed by atoms with E-state index in [4.69, 9.17) is 0 Å². The second kappa shape index (κ2) is 8.75. The van der Waals surface area contributed by atoms with E-state index in [2.05, 4.69) is 0 Å². The Labute approximate surface area is 175 Å².